The average molecular weight is 447 g/mol. The summed E-state index contributed by atoms with van der Waals surface area (Å²) in [5.74, 6) is 0.420. The second-order valence-corrected chi connectivity index (χ2v) is 8.98. The monoisotopic (exact) mass is 447 g/mol. The van der Waals surface area contributed by atoms with Gasteiger partial charge in [-0.2, -0.15) is 4.68 Å². The van der Waals surface area contributed by atoms with Crippen LogP contribution in [0.2, 0.25) is 0 Å². The minimum Gasteiger partial charge on any atom is -0.355 e. The van der Waals surface area contributed by atoms with E-state index in [9.17, 15) is 9.59 Å². The van der Waals surface area contributed by atoms with Crippen molar-refractivity contribution in [3.05, 3.63) is 52.8 Å². The van der Waals surface area contributed by atoms with Crippen LogP contribution in [0.5, 0.6) is 0 Å². The number of benzene rings is 1. The molecule has 33 heavy (non-hydrogen) atoms. The molecule has 6 rings (SSSR count). The highest BCUT2D eigenvalue weighted by atomic mass is 16.5. The molecule has 0 saturated carbocycles. The zero-order valence-corrected chi connectivity index (χ0v) is 18.6. The van der Waals surface area contributed by atoms with Gasteiger partial charge < -0.3 is 9.64 Å². The molecule has 1 amide bonds. The van der Waals surface area contributed by atoms with Crippen molar-refractivity contribution < 1.29 is 9.53 Å². The summed E-state index contributed by atoms with van der Waals surface area (Å²) in [5, 5.41) is 8.41. The van der Waals surface area contributed by atoms with Gasteiger partial charge in [-0.05, 0) is 44.7 Å². The highest BCUT2D eigenvalue weighted by Gasteiger charge is 2.36. The molecule has 0 spiro atoms. The molecular formula is C23H25N7O3. The Kier molecular flexibility index (Phi) is 4.41. The van der Waals surface area contributed by atoms with Gasteiger partial charge in [0.2, 0.25) is 5.91 Å². The van der Waals surface area contributed by atoms with Gasteiger partial charge in [0.05, 0.1) is 29.0 Å². The van der Waals surface area contributed by atoms with Gasteiger partial charge in [0.25, 0.3) is 5.56 Å². The Labute approximate surface area is 189 Å². The van der Waals surface area contributed by atoms with E-state index in [1.165, 1.54) is 0 Å². The van der Waals surface area contributed by atoms with Gasteiger partial charge in [0, 0.05) is 20.1 Å². The van der Waals surface area contributed by atoms with E-state index in [4.69, 9.17) is 4.74 Å². The fourth-order valence-corrected chi connectivity index (χ4v) is 5.44. The molecule has 10 heteroatoms. The normalized spacial score (nSPS) is 23.2. The number of para-hydroxylation sites is 2. The molecule has 2 unspecified atom stereocenters. The van der Waals surface area contributed by atoms with Gasteiger partial charge in [0.15, 0.2) is 11.3 Å². The van der Waals surface area contributed by atoms with E-state index < -0.39 is 5.72 Å². The fourth-order valence-electron chi connectivity index (χ4n) is 5.44. The lowest BCUT2D eigenvalue weighted by molar-refractivity contribution is -0.129. The van der Waals surface area contributed by atoms with E-state index in [1.54, 1.807) is 28.7 Å². The number of carbonyl (C=O) groups is 1. The predicted molar refractivity (Wildman–Crippen MR) is 120 cm³/mol. The van der Waals surface area contributed by atoms with Crippen molar-refractivity contribution in [3.8, 4) is 5.82 Å². The molecule has 2 aliphatic heterocycles. The average Bonchev–Trinajstić information content (AvgIpc) is 3.58. The van der Waals surface area contributed by atoms with Crippen LogP contribution in [0.25, 0.3) is 22.4 Å². The molecule has 1 aromatic carbocycles. The zero-order chi connectivity index (χ0) is 22.7. The number of ether oxygens (including phenoxy) is 1. The number of nitrogens with zero attached hydrogens (tertiary/aromatic N) is 7. The number of rotatable bonds is 3. The Balaban J connectivity index is 1.62. The van der Waals surface area contributed by atoms with Crippen LogP contribution in [-0.4, -0.2) is 52.9 Å². The summed E-state index contributed by atoms with van der Waals surface area (Å²) >= 11 is 0. The molecule has 0 aliphatic carbocycles. The standard InChI is InChI=1S/C23H25N7O3/c1-15(31)27-11-5-9-17(27)19-13-25-26-30(19)21-20-22(32)29(23(2)10-6-12-33-23)18-8-4-3-7-16(18)28(20)14-24-21/h3-4,7-8,13-14,17H,5-6,9-12H2,1-2H3. The molecule has 0 radical (unpaired) electrons. The maximum Gasteiger partial charge on any atom is 0.281 e. The van der Waals surface area contributed by atoms with Gasteiger partial charge in [-0.1, -0.05) is 17.3 Å². The molecule has 0 N–H and O–H groups in total. The number of hydrogen-bond acceptors (Lipinski definition) is 6. The van der Waals surface area contributed by atoms with Crippen LogP contribution in [0.3, 0.4) is 0 Å². The van der Waals surface area contributed by atoms with Crippen LogP contribution in [0, 0.1) is 0 Å². The third-order valence-corrected chi connectivity index (χ3v) is 6.98. The summed E-state index contributed by atoms with van der Waals surface area (Å²) in [6.45, 7) is 4.85. The maximum atomic E-state index is 14.0. The number of carbonyl (C=O) groups excluding carboxylic acids is 1. The van der Waals surface area contributed by atoms with Crippen LogP contribution >= 0.6 is 0 Å². The first kappa shape index (κ1) is 20.1. The highest BCUT2D eigenvalue weighted by molar-refractivity contribution is 5.81. The largest absolute Gasteiger partial charge is 0.355 e. The number of aromatic nitrogens is 6. The first-order valence-electron chi connectivity index (χ1n) is 11.3. The highest BCUT2D eigenvalue weighted by Crippen LogP contribution is 2.34. The van der Waals surface area contributed by atoms with Gasteiger partial charge >= 0.3 is 0 Å². The zero-order valence-electron chi connectivity index (χ0n) is 18.6. The van der Waals surface area contributed by atoms with Gasteiger partial charge in [-0.15, -0.1) is 5.10 Å². The van der Waals surface area contributed by atoms with Crippen LogP contribution in [0.4, 0.5) is 0 Å². The molecule has 170 valence electrons. The summed E-state index contributed by atoms with van der Waals surface area (Å²) in [5.41, 5.74) is 1.88. The van der Waals surface area contributed by atoms with Gasteiger partial charge in [0.1, 0.15) is 12.1 Å². The van der Waals surface area contributed by atoms with Crippen molar-refractivity contribution in [2.24, 2.45) is 0 Å². The van der Waals surface area contributed by atoms with Crippen LogP contribution in [0.15, 0.2) is 41.6 Å². The van der Waals surface area contributed by atoms with Crippen LogP contribution in [-0.2, 0) is 15.3 Å². The number of likely N-dealkylation sites (tertiary alicyclic amines) is 1. The van der Waals surface area contributed by atoms with Crippen molar-refractivity contribution in [3.63, 3.8) is 0 Å². The van der Waals surface area contributed by atoms with Crippen LogP contribution in [0.1, 0.15) is 51.3 Å². The van der Waals surface area contributed by atoms with Crippen molar-refractivity contribution in [2.45, 2.75) is 51.3 Å². The third kappa shape index (κ3) is 2.86. The van der Waals surface area contributed by atoms with Crippen molar-refractivity contribution in [2.75, 3.05) is 13.2 Å². The van der Waals surface area contributed by atoms with Crippen molar-refractivity contribution in [1.29, 1.82) is 0 Å². The Morgan fingerprint density at radius 1 is 1.21 bits per heavy atom. The molecule has 5 heterocycles. The lowest BCUT2D eigenvalue weighted by atomic mass is 10.1. The fraction of sp³-hybridized carbons (Fsp3) is 0.435. The molecule has 10 nitrogen and oxygen atoms in total. The van der Waals surface area contributed by atoms with Gasteiger partial charge in [-0.3, -0.25) is 18.6 Å². The summed E-state index contributed by atoms with van der Waals surface area (Å²) in [6, 6.07) is 7.63. The molecule has 4 aromatic rings. The second-order valence-electron chi connectivity index (χ2n) is 8.98. The van der Waals surface area contributed by atoms with E-state index in [1.807, 2.05) is 40.5 Å². The predicted octanol–water partition coefficient (Wildman–Crippen LogP) is 2.40. The Morgan fingerprint density at radius 2 is 2.03 bits per heavy atom. The minimum atomic E-state index is -0.734. The van der Waals surface area contributed by atoms with Crippen molar-refractivity contribution >= 4 is 22.5 Å². The Hall–Kier alpha value is -3.53. The molecule has 2 atom stereocenters. The lowest BCUT2D eigenvalue weighted by Gasteiger charge is -2.28. The summed E-state index contributed by atoms with van der Waals surface area (Å²) in [4.78, 5) is 32.6. The molecule has 2 saturated heterocycles. The maximum absolute atomic E-state index is 14.0. The van der Waals surface area contributed by atoms with E-state index in [0.717, 1.165) is 42.4 Å². The molecule has 2 fully saturated rings. The summed E-state index contributed by atoms with van der Waals surface area (Å²) in [6.07, 6.45) is 6.69. The molecular weight excluding hydrogens is 422 g/mol. The Morgan fingerprint density at radius 3 is 2.79 bits per heavy atom. The smallest absolute Gasteiger partial charge is 0.281 e. The van der Waals surface area contributed by atoms with Crippen molar-refractivity contribution in [1.82, 2.24) is 33.8 Å². The second kappa shape index (κ2) is 7.24. The Bertz CT molecular complexity index is 1440. The topological polar surface area (TPSA) is 99.6 Å². The molecule has 0 bridgehead atoms. The quantitative estimate of drug-likeness (QED) is 0.478. The minimum absolute atomic E-state index is 0.0135. The van der Waals surface area contributed by atoms with E-state index in [-0.39, 0.29) is 17.5 Å². The number of amides is 1. The third-order valence-electron chi connectivity index (χ3n) is 6.98. The first-order valence-corrected chi connectivity index (χ1v) is 11.3. The number of imidazole rings is 1. The van der Waals surface area contributed by atoms with E-state index >= 15 is 0 Å². The SMILES string of the molecule is CC(=O)N1CCCC1c1cnnn1-c1ncn2c1c(=O)n(C1(C)CCCO1)c1ccccc12. The summed E-state index contributed by atoms with van der Waals surface area (Å²) < 4.78 is 11.2. The molecule has 2 aliphatic rings. The summed E-state index contributed by atoms with van der Waals surface area (Å²) in [7, 11) is 0. The first-order chi connectivity index (χ1) is 16.0. The van der Waals surface area contributed by atoms with E-state index in [2.05, 4.69) is 15.3 Å². The van der Waals surface area contributed by atoms with Crippen LogP contribution < -0.4 is 5.56 Å². The lowest BCUT2D eigenvalue weighted by Crippen LogP contribution is -2.39. The molecule has 3 aromatic heterocycles. The van der Waals surface area contributed by atoms with E-state index in [0.29, 0.717) is 24.5 Å². The van der Waals surface area contributed by atoms with Gasteiger partial charge in [-0.25, -0.2) is 4.98 Å². The number of hydrogen-bond donors (Lipinski definition) is 0. The number of fused-ring (bicyclic) bond motifs is 3.